The molecule has 0 bridgehead atoms. The van der Waals surface area contributed by atoms with Gasteiger partial charge in [0.1, 0.15) is 6.61 Å². The van der Waals surface area contributed by atoms with Crippen LogP contribution in [0.25, 0.3) is 6.08 Å². The van der Waals surface area contributed by atoms with Gasteiger partial charge in [-0.15, -0.1) is 11.3 Å². The van der Waals surface area contributed by atoms with E-state index >= 15 is 0 Å². The third-order valence-electron chi connectivity index (χ3n) is 4.09. The van der Waals surface area contributed by atoms with Crippen molar-refractivity contribution >= 4 is 52.3 Å². The maximum atomic E-state index is 12.1. The Hall–Kier alpha value is -2.55. The van der Waals surface area contributed by atoms with Crippen LogP contribution in [0.3, 0.4) is 0 Å². The molecule has 2 aromatic rings. The molecule has 0 atom stereocenters. The van der Waals surface area contributed by atoms with Crippen molar-refractivity contribution in [1.82, 2.24) is 10.2 Å². The molecule has 0 aliphatic heterocycles. The molecule has 6 nitrogen and oxygen atoms in total. The van der Waals surface area contributed by atoms with Gasteiger partial charge in [0.15, 0.2) is 5.11 Å². The number of hydrogen-bond acceptors (Lipinski definition) is 6. The zero-order valence-electron chi connectivity index (χ0n) is 16.5. The smallest absolute Gasteiger partial charge is 0.338 e. The number of rotatable bonds is 9. The molecule has 154 valence electrons. The van der Waals surface area contributed by atoms with E-state index < -0.39 is 0 Å². The number of nitrogens with zero attached hydrogens (tertiary/aromatic N) is 1. The third-order valence-corrected chi connectivity index (χ3v) is 5.13. The van der Waals surface area contributed by atoms with Crippen LogP contribution in [0, 0.1) is 0 Å². The number of thiophene rings is 1. The van der Waals surface area contributed by atoms with Crippen molar-refractivity contribution in [1.29, 1.82) is 0 Å². The molecule has 0 saturated carbocycles. The minimum absolute atomic E-state index is 0.181. The maximum Gasteiger partial charge on any atom is 0.338 e. The average Bonchev–Trinajstić information content (AvgIpc) is 3.23. The maximum absolute atomic E-state index is 12.1. The monoisotopic (exact) mass is 431 g/mol. The molecule has 1 aromatic carbocycles. The number of carbonyl (C=O) groups is 2. The van der Waals surface area contributed by atoms with Crippen LogP contribution in [0.4, 0.5) is 5.69 Å². The molecular formula is C21H25N3O3S2. The molecule has 2 rings (SSSR count). The Bertz CT molecular complexity index is 829. The normalized spacial score (nSPS) is 10.9. The molecule has 1 amide bonds. The molecule has 0 saturated heterocycles. The van der Waals surface area contributed by atoms with Gasteiger partial charge in [0.25, 0.3) is 0 Å². The minimum Gasteiger partial charge on any atom is -0.461 e. The lowest BCUT2D eigenvalue weighted by molar-refractivity contribution is -0.115. The molecule has 1 aromatic heterocycles. The quantitative estimate of drug-likeness (QED) is 0.358. The molecule has 0 fully saturated rings. The van der Waals surface area contributed by atoms with E-state index in [2.05, 4.69) is 29.4 Å². The number of thiocarbonyl (C=S) groups is 1. The van der Waals surface area contributed by atoms with E-state index in [4.69, 9.17) is 17.0 Å². The average molecular weight is 432 g/mol. The molecule has 1 heterocycles. The number of benzene rings is 1. The first kappa shape index (κ1) is 22.7. The first-order valence-corrected chi connectivity index (χ1v) is 10.6. The van der Waals surface area contributed by atoms with Crippen LogP contribution in [-0.4, -0.2) is 48.1 Å². The molecule has 0 radical (unpaired) electrons. The van der Waals surface area contributed by atoms with Gasteiger partial charge in [-0.1, -0.05) is 19.9 Å². The van der Waals surface area contributed by atoms with Crippen LogP contribution < -0.4 is 10.6 Å². The summed E-state index contributed by atoms with van der Waals surface area (Å²) in [5.74, 6) is -0.678. The predicted octanol–water partition coefficient (Wildman–Crippen LogP) is 3.77. The fourth-order valence-corrected chi connectivity index (χ4v) is 3.28. The summed E-state index contributed by atoms with van der Waals surface area (Å²) in [7, 11) is 0. The molecule has 0 aliphatic carbocycles. The second-order valence-corrected chi connectivity index (χ2v) is 7.42. The first-order chi connectivity index (χ1) is 14.0. The highest BCUT2D eigenvalue weighted by Crippen LogP contribution is 2.11. The Morgan fingerprint density at radius 2 is 1.90 bits per heavy atom. The standard InChI is InChI=1S/C21H25N3O3S2/c1-3-24(4-2)13-14-27-20(26)16-7-9-17(10-8-16)22-21(28)23-19(25)12-11-18-6-5-15-29-18/h5-12,15H,3-4,13-14H2,1-2H3,(H2,22,23,25,28)/b12-11-. The summed E-state index contributed by atoms with van der Waals surface area (Å²) in [5, 5.41) is 7.62. The highest BCUT2D eigenvalue weighted by Gasteiger charge is 2.09. The molecule has 8 heteroatoms. The van der Waals surface area contributed by atoms with Crippen LogP contribution in [0.5, 0.6) is 0 Å². The van der Waals surface area contributed by atoms with Gasteiger partial charge in [0.05, 0.1) is 5.56 Å². The Kier molecular flexibility index (Phi) is 9.49. The highest BCUT2D eigenvalue weighted by atomic mass is 32.1. The minimum atomic E-state index is -0.363. The summed E-state index contributed by atoms with van der Waals surface area (Å²) in [6, 6.07) is 10.6. The van der Waals surface area contributed by atoms with Gasteiger partial charge in [0, 0.05) is 23.2 Å². The van der Waals surface area contributed by atoms with E-state index in [1.54, 1.807) is 41.7 Å². The fourth-order valence-electron chi connectivity index (χ4n) is 2.44. The number of likely N-dealkylation sites (N-methyl/N-ethyl adjacent to an activating group) is 1. The number of carbonyl (C=O) groups excluding carboxylic acids is 2. The SMILES string of the molecule is CCN(CC)CCOC(=O)c1ccc(NC(=S)NC(=O)/C=C\c2cccs2)cc1. The van der Waals surface area contributed by atoms with Gasteiger partial charge in [-0.25, -0.2) is 4.79 Å². The third kappa shape index (κ3) is 8.15. The van der Waals surface area contributed by atoms with Crippen LogP contribution in [0.15, 0.2) is 47.9 Å². The first-order valence-electron chi connectivity index (χ1n) is 9.35. The zero-order chi connectivity index (χ0) is 21.1. The predicted molar refractivity (Wildman–Crippen MR) is 122 cm³/mol. The second kappa shape index (κ2) is 12.1. The van der Waals surface area contributed by atoms with Crippen molar-refractivity contribution in [3.8, 4) is 0 Å². The number of nitrogens with one attached hydrogen (secondary N) is 2. The highest BCUT2D eigenvalue weighted by molar-refractivity contribution is 7.80. The Labute approximate surface area is 180 Å². The number of anilines is 1. The topological polar surface area (TPSA) is 70.7 Å². The van der Waals surface area contributed by atoms with E-state index in [1.807, 2.05) is 17.5 Å². The Morgan fingerprint density at radius 1 is 1.17 bits per heavy atom. The largest absolute Gasteiger partial charge is 0.461 e. The number of amides is 1. The van der Waals surface area contributed by atoms with E-state index in [1.165, 1.54) is 6.08 Å². The van der Waals surface area contributed by atoms with E-state index in [9.17, 15) is 9.59 Å². The fraction of sp³-hybridized carbons (Fsp3) is 0.286. The van der Waals surface area contributed by atoms with Crippen molar-refractivity contribution < 1.29 is 14.3 Å². The van der Waals surface area contributed by atoms with Gasteiger partial charge < -0.3 is 15.0 Å². The van der Waals surface area contributed by atoms with E-state index in [0.717, 1.165) is 18.0 Å². The summed E-state index contributed by atoms with van der Waals surface area (Å²) in [4.78, 5) is 27.2. The molecular weight excluding hydrogens is 406 g/mol. The van der Waals surface area contributed by atoms with Crippen LogP contribution >= 0.6 is 23.6 Å². The van der Waals surface area contributed by atoms with Crippen molar-refractivity contribution in [3.05, 3.63) is 58.3 Å². The molecule has 0 spiro atoms. The second-order valence-electron chi connectivity index (χ2n) is 6.03. The van der Waals surface area contributed by atoms with Crippen molar-refractivity contribution in [2.24, 2.45) is 0 Å². The van der Waals surface area contributed by atoms with Gasteiger partial charge in [-0.2, -0.15) is 0 Å². The van der Waals surface area contributed by atoms with Crippen LogP contribution in [0.2, 0.25) is 0 Å². The summed E-state index contributed by atoms with van der Waals surface area (Å²) in [6.45, 7) is 7.07. The van der Waals surface area contributed by atoms with Crippen LogP contribution in [0.1, 0.15) is 29.1 Å². The molecule has 0 unspecified atom stereocenters. The Balaban J connectivity index is 1.78. The summed E-state index contributed by atoms with van der Waals surface area (Å²) < 4.78 is 5.30. The molecule has 2 N–H and O–H groups in total. The Morgan fingerprint density at radius 3 is 2.52 bits per heavy atom. The number of esters is 1. The van der Waals surface area contributed by atoms with Gasteiger partial charge >= 0.3 is 5.97 Å². The van der Waals surface area contributed by atoms with Gasteiger partial charge in [-0.3, -0.25) is 10.1 Å². The van der Waals surface area contributed by atoms with Gasteiger partial charge in [-0.05, 0) is 67.1 Å². The zero-order valence-corrected chi connectivity index (χ0v) is 18.1. The summed E-state index contributed by atoms with van der Waals surface area (Å²) in [6.07, 6.45) is 3.15. The van der Waals surface area contributed by atoms with Crippen molar-refractivity contribution in [2.45, 2.75) is 13.8 Å². The van der Waals surface area contributed by atoms with Crippen molar-refractivity contribution in [2.75, 3.05) is 31.6 Å². The molecule has 29 heavy (non-hydrogen) atoms. The lowest BCUT2D eigenvalue weighted by Gasteiger charge is -2.17. The summed E-state index contributed by atoms with van der Waals surface area (Å²) in [5.41, 5.74) is 1.13. The van der Waals surface area contributed by atoms with Crippen molar-refractivity contribution in [3.63, 3.8) is 0 Å². The number of hydrogen-bond donors (Lipinski definition) is 2. The van der Waals surface area contributed by atoms with E-state index in [-0.39, 0.29) is 17.0 Å². The number of ether oxygens (including phenoxy) is 1. The van der Waals surface area contributed by atoms with E-state index in [0.29, 0.717) is 24.4 Å². The van der Waals surface area contributed by atoms with Crippen LogP contribution in [-0.2, 0) is 9.53 Å². The summed E-state index contributed by atoms with van der Waals surface area (Å²) >= 11 is 6.69. The van der Waals surface area contributed by atoms with Gasteiger partial charge in [0.2, 0.25) is 5.91 Å². The lowest BCUT2D eigenvalue weighted by atomic mass is 10.2. The molecule has 0 aliphatic rings. The lowest BCUT2D eigenvalue weighted by Crippen LogP contribution is -2.32.